The van der Waals surface area contributed by atoms with Gasteiger partial charge in [0, 0.05) is 0 Å². The quantitative estimate of drug-likeness (QED) is 0.597. The summed E-state index contributed by atoms with van der Waals surface area (Å²) in [6.45, 7) is 6.86. The number of amides is 2. The molecular formula is C13H22N4O3. The monoisotopic (exact) mass is 282 g/mol. The van der Waals surface area contributed by atoms with Crippen molar-refractivity contribution in [1.29, 1.82) is 0 Å². The number of nitrogens with two attached hydrogens (primary N) is 2. The summed E-state index contributed by atoms with van der Waals surface area (Å²) >= 11 is 0. The van der Waals surface area contributed by atoms with Gasteiger partial charge in [-0.3, -0.25) is 0 Å². The van der Waals surface area contributed by atoms with Crippen molar-refractivity contribution < 1.29 is 14.4 Å². The summed E-state index contributed by atoms with van der Waals surface area (Å²) in [5.74, 6) is 0. The molecule has 1 aliphatic carbocycles. The van der Waals surface area contributed by atoms with E-state index in [0.29, 0.717) is 6.54 Å². The minimum absolute atomic E-state index is 0.00750. The predicted molar refractivity (Wildman–Crippen MR) is 74.4 cm³/mol. The fourth-order valence-electron chi connectivity index (χ4n) is 3.09. The van der Waals surface area contributed by atoms with E-state index in [1.54, 1.807) is 12.2 Å². The highest BCUT2D eigenvalue weighted by Crippen LogP contribution is 2.47. The van der Waals surface area contributed by atoms with E-state index in [-0.39, 0.29) is 16.9 Å². The van der Waals surface area contributed by atoms with Gasteiger partial charge < -0.3 is 11.5 Å². The van der Waals surface area contributed by atoms with Crippen LogP contribution in [0, 0.1) is 10.8 Å². The lowest BCUT2D eigenvalue weighted by Gasteiger charge is -2.44. The van der Waals surface area contributed by atoms with Crippen molar-refractivity contribution in [2.45, 2.75) is 46.1 Å². The first-order valence-corrected chi connectivity index (χ1v) is 6.30. The maximum absolute atomic E-state index is 10.3. The first-order chi connectivity index (χ1) is 9.14. The third-order valence-electron chi connectivity index (χ3n) is 3.18. The second-order valence-corrected chi connectivity index (χ2v) is 6.24. The van der Waals surface area contributed by atoms with Crippen LogP contribution in [0.25, 0.3) is 0 Å². The van der Waals surface area contributed by atoms with Crippen molar-refractivity contribution in [3.8, 4) is 0 Å². The molecule has 112 valence electrons. The molecule has 0 saturated heterocycles. The van der Waals surface area contributed by atoms with Gasteiger partial charge in [0.15, 0.2) is 0 Å². The van der Waals surface area contributed by atoms with Gasteiger partial charge in [0.05, 0.1) is 12.6 Å². The number of rotatable bonds is 3. The van der Waals surface area contributed by atoms with E-state index in [1.165, 1.54) is 0 Å². The normalized spacial score (nSPS) is 27.1. The molecule has 7 heteroatoms. The van der Waals surface area contributed by atoms with Crippen molar-refractivity contribution in [3.05, 3.63) is 0 Å². The molecule has 1 rings (SSSR count). The highest BCUT2D eigenvalue weighted by atomic mass is 16.2. The van der Waals surface area contributed by atoms with E-state index in [0.717, 1.165) is 19.3 Å². The molecule has 1 aliphatic rings. The molecule has 0 aromatic rings. The molecule has 4 N–H and O–H groups in total. The van der Waals surface area contributed by atoms with Gasteiger partial charge in [0.25, 0.3) is 0 Å². The Balaban J connectivity index is 0.000000796. The van der Waals surface area contributed by atoms with Gasteiger partial charge in [-0.15, -0.1) is 0 Å². The zero-order chi connectivity index (χ0) is 15.8. The molecule has 0 aromatic carbocycles. The minimum Gasteiger partial charge on any atom is -0.352 e. The smallest absolute Gasteiger partial charge is 0.309 e. The molecular weight excluding hydrogens is 260 g/mol. The van der Waals surface area contributed by atoms with Gasteiger partial charge in [-0.25, -0.2) is 24.4 Å². The second kappa shape index (κ2) is 7.58. The van der Waals surface area contributed by atoms with Crippen LogP contribution in [-0.4, -0.2) is 30.8 Å². The Morgan fingerprint density at radius 2 is 1.75 bits per heavy atom. The van der Waals surface area contributed by atoms with E-state index in [4.69, 9.17) is 4.79 Å². The molecule has 0 aliphatic heterocycles. The fourth-order valence-corrected chi connectivity index (χ4v) is 3.09. The first-order valence-electron chi connectivity index (χ1n) is 6.30. The van der Waals surface area contributed by atoms with Crippen LogP contribution in [-0.2, 0) is 9.59 Å². The number of hydrogen-bond acceptors (Lipinski definition) is 5. The van der Waals surface area contributed by atoms with Gasteiger partial charge in [-0.2, -0.15) is 0 Å². The molecule has 0 bridgehead atoms. The predicted octanol–water partition coefficient (Wildman–Crippen LogP) is 1.27. The van der Waals surface area contributed by atoms with Crippen molar-refractivity contribution in [1.82, 2.24) is 0 Å². The van der Waals surface area contributed by atoms with E-state index < -0.39 is 6.03 Å². The molecule has 1 saturated carbocycles. The average Bonchev–Trinajstić information content (AvgIpc) is 2.23. The highest BCUT2D eigenvalue weighted by molar-refractivity contribution is 5.69. The van der Waals surface area contributed by atoms with E-state index in [9.17, 15) is 9.59 Å². The standard InChI is InChI=1S/C12H18N2O2.CH4N2O/c1-11(2)4-10(14-9-16)5-12(3,6-11)7-13-8-15;2-1(3)4/h10H,4-7H2,1-3H3;(H4,2,3,4). The van der Waals surface area contributed by atoms with Crippen LogP contribution in [0.2, 0.25) is 0 Å². The number of hydrogen-bond donors (Lipinski definition) is 2. The summed E-state index contributed by atoms with van der Waals surface area (Å²) in [4.78, 5) is 37.0. The lowest BCUT2D eigenvalue weighted by Crippen LogP contribution is -2.39. The van der Waals surface area contributed by atoms with Crippen LogP contribution >= 0.6 is 0 Å². The molecule has 2 atom stereocenters. The van der Waals surface area contributed by atoms with Crippen molar-refractivity contribution in [3.63, 3.8) is 0 Å². The zero-order valence-electron chi connectivity index (χ0n) is 12.2. The van der Waals surface area contributed by atoms with E-state index in [1.807, 2.05) is 0 Å². The summed E-state index contributed by atoms with van der Waals surface area (Å²) in [6, 6.07) is -0.826. The van der Waals surface area contributed by atoms with Crippen LogP contribution in [0.15, 0.2) is 9.98 Å². The molecule has 0 radical (unpaired) electrons. The Kier molecular flexibility index (Phi) is 6.83. The molecule has 0 aromatic heterocycles. The lowest BCUT2D eigenvalue weighted by atomic mass is 9.63. The van der Waals surface area contributed by atoms with Gasteiger partial charge in [-0.1, -0.05) is 20.8 Å². The number of carbonyl (C=O) groups is 1. The number of primary amides is 2. The Bertz CT molecular complexity index is 433. The number of carbonyl (C=O) groups excluding carboxylic acids is 3. The fraction of sp³-hybridized carbons (Fsp3) is 0.769. The number of isocyanates is 2. The molecule has 2 unspecified atom stereocenters. The molecule has 20 heavy (non-hydrogen) atoms. The third-order valence-corrected chi connectivity index (χ3v) is 3.18. The molecule has 0 heterocycles. The van der Waals surface area contributed by atoms with Crippen molar-refractivity contribution >= 4 is 18.2 Å². The minimum atomic E-state index is -0.833. The second-order valence-electron chi connectivity index (χ2n) is 6.24. The lowest BCUT2D eigenvalue weighted by molar-refractivity contribution is 0.0915. The summed E-state index contributed by atoms with van der Waals surface area (Å²) in [6.07, 6.45) is 5.88. The van der Waals surface area contributed by atoms with E-state index in [2.05, 4.69) is 42.2 Å². The average molecular weight is 282 g/mol. The zero-order valence-corrected chi connectivity index (χ0v) is 12.2. The third kappa shape index (κ3) is 7.46. The molecule has 1 fully saturated rings. The molecule has 7 nitrogen and oxygen atoms in total. The van der Waals surface area contributed by atoms with Gasteiger partial charge in [-0.05, 0) is 30.1 Å². The summed E-state index contributed by atoms with van der Waals surface area (Å²) in [5, 5.41) is 0. The molecule has 2 amide bonds. The van der Waals surface area contributed by atoms with Crippen LogP contribution < -0.4 is 11.5 Å². The Labute approximate surface area is 118 Å². The van der Waals surface area contributed by atoms with Crippen molar-refractivity contribution in [2.75, 3.05) is 6.54 Å². The summed E-state index contributed by atoms with van der Waals surface area (Å²) in [5.41, 5.74) is 8.56. The maximum atomic E-state index is 10.3. The Hall–Kier alpha value is -1.97. The SMILES string of the molecule is CC1(C)CC(N=C=O)CC(C)(CN=C=O)C1.NC(N)=O. The first kappa shape index (κ1) is 18.0. The van der Waals surface area contributed by atoms with Gasteiger partial charge in [0.1, 0.15) is 0 Å². The van der Waals surface area contributed by atoms with Crippen LogP contribution in [0.1, 0.15) is 40.0 Å². The number of nitrogens with zero attached hydrogens (tertiary/aromatic N) is 2. The Morgan fingerprint density at radius 3 is 2.20 bits per heavy atom. The highest BCUT2D eigenvalue weighted by Gasteiger charge is 2.41. The maximum Gasteiger partial charge on any atom is 0.309 e. The van der Waals surface area contributed by atoms with Crippen LogP contribution in [0.5, 0.6) is 0 Å². The van der Waals surface area contributed by atoms with Crippen LogP contribution in [0.3, 0.4) is 0 Å². The number of urea groups is 1. The van der Waals surface area contributed by atoms with Crippen molar-refractivity contribution in [2.24, 2.45) is 32.3 Å². The van der Waals surface area contributed by atoms with Crippen LogP contribution in [0.4, 0.5) is 4.79 Å². The van der Waals surface area contributed by atoms with Gasteiger partial charge >= 0.3 is 6.03 Å². The Morgan fingerprint density at radius 1 is 1.20 bits per heavy atom. The largest absolute Gasteiger partial charge is 0.352 e. The summed E-state index contributed by atoms with van der Waals surface area (Å²) < 4.78 is 0. The van der Waals surface area contributed by atoms with Gasteiger partial charge in [0.2, 0.25) is 12.2 Å². The van der Waals surface area contributed by atoms with E-state index >= 15 is 0 Å². The molecule has 0 spiro atoms. The topological polar surface area (TPSA) is 128 Å². The number of aliphatic imine (C=N–C) groups is 2. The summed E-state index contributed by atoms with van der Waals surface area (Å²) in [7, 11) is 0.